The van der Waals surface area contributed by atoms with Crippen LogP contribution in [0.1, 0.15) is 46.0 Å². The minimum atomic E-state index is -0.424. The van der Waals surface area contributed by atoms with Gasteiger partial charge in [0.1, 0.15) is 0 Å². The van der Waals surface area contributed by atoms with Crippen LogP contribution < -0.4 is 0 Å². The van der Waals surface area contributed by atoms with E-state index < -0.39 is 23.2 Å². The Balaban J connectivity index is 2.01. The van der Waals surface area contributed by atoms with Gasteiger partial charge in [-0.15, -0.1) is 0 Å². The van der Waals surface area contributed by atoms with Gasteiger partial charge in [-0.3, -0.25) is 0 Å². The van der Waals surface area contributed by atoms with E-state index >= 15 is 0 Å². The first-order valence-corrected chi connectivity index (χ1v) is 8.79. The van der Waals surface area contributed by atoms with Crippen molar-refractivity contribution in [1.82, 2.24) is 0 Å². The molecule has 0 fully saturated rings. The molecule has 1 heteroatoms. The van der Waals surface area contributed by atoms with Crippen molar-refractivity contribution in [3.05, 3.63) is 42.0 Å². The van der Waals surface area contributed by atoms with Crippen molar-refractivity contribution in [2.45, 2.75) is 46.0 Å². The third-order valence-electron chi connectivity index (χ3n) is 3.30. The molecule has 16 heavy (non-hydrogen) atoms. The number of hydrogen-bond donors (Lipinski definition) is 0. The summed E-state index contributed by atoms with van der Waals surface area (Å²) in [5.74, 6) is 0. The van der Waals surface area contributed by atoms with Crippen LogP contribution in [-0.4, -0.2) is 0 Å². The van der Waals surface area contributed by atoms with Crippen molar-refractivity contribution < 1.29 is 23.2 Å². The zero-order valence-electron chi connectivity index (χ0n) is 10.3. The Morgan fingerprint density at radius 2 is 1.88 bits per heavy atom. The molecule has 2 rings (SSSR count). The third kappa shape index (κ3) is 2.95. The van der Waals surface area contributed by atoms with Crippen molar-refractivity contribution in [3.63, 3.8) is 0 Å². The predicted octanol–water partition coefficient (Wildman–Crippen LogP) is 4.71. The molecule has 0 aromatic rings. The molecule has 2 aliphatic carbocycles. The molecule has 0 radical (unpaired) electrons. The van der Waals surface area contributed by atoms with Gasteiger partial charge in [0.15, 0.2) is 0 Å². The monoisotopic (exact) mass is 290 g/mol. The zero-order chi connectivity index (χ0) is 11.4. The summed E-state index contributed by atoms with van der Waals surface area (Å²) in [4.78, 5) is 0. The van der Waals surface area contributed by atoms with Crippen molar-refractivity contribution in [1.29, 1.82) is 0 Å². The molecule has 0 aromatic carbocycles. The van der Waals surface area contributed by atoms with Gasteiger partial charge in [-0.2, -0.15) is 0 Å². The summed E-state index contributed by atoms with van der Waals surface area (Å²) in [5, 5.41) is 0. The van der Waals surface area contributed by atoms with Crippen LogP contribution >= 0.6 is 0 Å². The fourth-order valence-electron chi connectivity index (χ4n) is 2.23. The van der Waals surface area contributed by atoms with E-state index in [4.69, 9.17) is 0 Å². The summed E-state index contributed by atoms with van der Waals surface area (Å²) < 4.78 is 3.64. The molecule has 0 spiro atoms. The molecule has 0 saturated carbocycles. The van der Waals surface area contributed by atoms with E-state index in [1.807, 2.05) is 3.28 Å². The Labute approximate surface area is 111 Å². The van der Waals surface area contributed by atoms with Crippen molar-refractivity contribution in [2.75, 3.05) is 0 Å². The summed E-state index contributed by atoms with van der Waals surface area (Å²) in [5.41, 5.74) is 3.27. The number of unbranched alkanes of at least 4 members (excludes halogenated alkanes) is 1. The van der Waals surface area contributed by atoms with Crippen LogP contribution in [0.2, 0.25) is 0 Å². The molecule has 0 N–H and O–H groups in total. The molecule has 84 valence electrons. The minimum absolute atomic E-state index is 0.424. The standard InChI is InChI=1S/C9H13.C6H7.Zr/c1-2-3-6-9-7-4-5-8-9;1-6-4-2-3-5-6;/h4,7H,2-3,5-6H2,1H3;2,4H,3H2,1H3;. The van der Waals surface area contributed by atoms with Gasteiger partial charge < -0.3 is 0 Å². The van der Waals surface area contributed by atoms with Gasteiger partial charge in [-0.25, -0.2) is 0 Å². The molecule has 0 atom stereocenters. The Bertz CT molecular complexity index is 380. The second-order valence-corrected chi connectivity index (χ2v) is 8.19. The molecule has 0 aliphatic heterocycles. The second-order valence-electron chi connectivity index (χ2n) is 4.61. The number of hydrogen-bond acceptors (Lipinski definition) is 0. The van der Waals surface area contributed by atoms with E-state index in [9.17, 15) is 0 Å². The van der Waals surface area contributed by atoms with Gasteiger partial charge in [0.25, 0.3) is 0 Å². The van der Waals surface area contributed by atoms with Gasteiger partial charge in [0, 0.05) is 0 Å². The molecule has 0 bridgehead atoms. The molecular weight excluding hydrogens is 271 g/mol. The number of allylic oxidation sites excluding steroid dienone is 8. The van der Waals surface area contributed by atoms with Crippen LogP contribution in [-0.2, 0) is 23.2 Å². The number of rotatable bonds is 5. The molecule has 0 nitrogen and oxygen atoms in total. The molecule has 2 aliphatic rings. The van der Waals surface area contributed by atoms with Crippen LogP contribution in [0.4, 0.5) is 0 Å². The Kier molecular flexibility index (Phi) is 4.58. The van der Waals surface area contributed by atoms with Gasteiger partial charge >= 0.3 is 111 Å². The average molecular weight is 292 g/mol. The normalized spacial score (nSPS) is 19.1. The summed E-state index contributed by atoms with van der Waals surface area (Å²) in [6.45, 7) is 4.57. The van der Waals surface area contributed by atoms with E-state index in [0.29, 0.717) is 0 Å². The van der Waals surface area contributed by atoms with E-state index in [1.54, 1.807) is 14.4 Å². The topological polar surface area (TPSA) is 0 Å². The predicted molar refractivity (Wildman–Crippen MR) is 66.8 cm³/mol. The Hall–Kier alpha value is -0.157. The summed E-state index contributed by atoms with van der Waals surface area (Å²) in [7, 11) is 0. The van der Waals surface area contributed by atoms with Crippen molar-refractivity contribution >= 4 is 0 Å². The van der Waals surface area contributed by atoms with Gasteiger partial charge in [-0.05, 0) is 0 Å². The Morgan fingerprint density at radius 1 is 1.12 bits per heavy atom. The molecule has 0 saturated heterocycles. The van der Waals surface area contributed by atoms with Crippen molar-refractivity contribution in [3.8, 4) is 0 Å². The molecule has 0 aromatic heterocycles. The summed E-state index contributed by atoms with van der Waals surface area (Å²) in [6, 6.07) is 0. The maximum atomic E-state index is 2.39. The van der Waals surface area contributed by atoms with E-state index in [1.165, 1.54) is 32.1 Å². The van der Waals surface area contributed by atoms with Crippen LogP contribution in [0, 0.1) is 0 Å². The summed E-state index contributed by atoms with van der Waals surface area (Å²) in [6.07, 6.45) is 15.9. The van der Waals surface area contributed by atoms with Crippen LogP contribution in [0.25, 0.3) is 0 Å². The van der Waals surface area contributed by atoms with Gasteiger partial charge in [-0.1, -0.05) is 0 Å². The van der Waals surface area contributed by atoms with Crippen LogP contribution in [0.3, 0.4) is 0 Å². The van der Waals surface area contributed by atoms with Gasteiger partial charge in [0.05, 0.1) is 0 Å². The molecule has 0 amide bonds. The Morgan fingerprint density at radius 3 is 2.56 bits per heavy atom. The summed E-state index contributed by atoms with van der Waals surface area (Å²) >= 11 is -0.424. The quantitative estimate of drug-likeness (QED) is 0.688. The molecule has 0 unspecified atom stereocenters. The van der Waals surface area contributed by atoms with E-state index in [0.717, 1.165) is 0 Å². The van der Waals surface area contributed by atoms with E-state index in [-0.39, 0.29) is 0 Å². The third-order valence-corrected chi connectivity index (χ3v) is 7.54. The first-order valence-electron chi connectivity index (χ1n) is 6.33. The molecule has 0 heterocycles. The van der Waals surface area contributed by atoms with Crippen LogP contribution in [0.5, 0.6) is 0 Å². The fourth-order valence-corrected chi connectivity index (χ4v) is 5.80. The van der Waals surface area contributed by atoms with E-state index in [2.05, 4.69) is 38.2 Å². The maximum absolute atomic E-state index is 2.39. The van der Waals surface area contributed by atoms with Gasteiger partial charge in [0.2, 0.25) is 0 Å². The van der Waals surface area contributed by atoms with Crippen molar-refractivity contribution in [2.24, 2.45) is 0 Å². The first-order chi connectivity index (χ1) is 7.81. The SMILES string of the molecule is CCCCC1=[C]([Zr][C]2=C(C)C=CC2)CC=C1. The average Bonchev–Trinajstić information content (AvgIpc) is 2.87. The second kappa shape index (κ2) is 5.96. The molecular formula is C15H20Zr. The first kappa shape index (κ1) is 12.3. The zero-order valence-corrected chi connectivity index (χ0v) is 12.8. The van der Waals surface area contributed by atoms with Crippen LogP contribution in [0.15, 0.2) is 42.0 Å². The fraction of sp³-hybridized carbons (Fsp3) is 0.467.